The molecule has 0 heterocycles. The van der Waals surface area contributed by atoms with Crippen LogP contribution in [0, 0.1) is 10.5 Å². The molecular weight excluding hydrogens is 354 g/mol. The Morgan fingerprint density at radius 2 is 1.56 bits per heavy atom. The molecule has 0 amide bonds. The average molecular weight is 363 g/mol. The van der Waals surface area contributed by atoms with E-state index in [1.165, 1.54) is 14.7 Å². The van der Waals surface area contributed by atoms with E-state index in [4.69, 9.17) is 23.2 Å². The summed E-state index contributed by atoms with van der Waals surface area (Å²) in [5.74, 6) is 0. The molecule has 0 saturated carbocycles. The second-order valence-corrected chi connectivity index (χ2v) is 5.74. The predicted octanol–water partition coefficient (Wildman–Crippen LogP) is 5.57. The number of hydrogen-bond donors (Lipinski definition) is 0. The molecule has 0 aliphatic heterocycles. The van der Waals surface area contributed by atoms with Crippen molar-refractivity contribution in [3.8, 4) is 11.1 Å². The lowest BCUT2D eigenvalue weighted by Crippen LogP contribution is -1.85. The van der Waals surface area contributed by atoms with E-state index < -0.39 is 0 Å². The average Bonchev–Trinajstić information content (AvgIpc) is 2.20. The van der Waals surface area contributed by atoms with Crippen molar-refractivity contribution in [1.82, 2.24) is 0 Å². The van der Waals surface area contributed by atoms with Crippen LogP contribution in [0.1, 0.15) is 5.56 Å². The molecule has 16 heavy (non-hydrogen) atoms. The lowest BCUT2D eigenvalue weighted by Gasteiger charge is -2.08. The molecule has 0 nitrogen and oxygen atoms in total. The Labute approximate surface area is 119 Å². The van der Waals surface area contributed by atoms with E-state index >= 15 is 0 Å². The number of benzene rings is 2. The van der Waals surface area contributed by atoms with Gasteiger partial charge in [-0.3, -0.25) is 0 Å². The number of aryl methyl sites for hydroxylation is 1. The Morgan fingerprint density at radius 3 is 2.19 bits per heavy atom. The van der Waals surface area contributed by atoms with Gasteiger partial charge in [0.2, 0.25) is 0 Å². The van der Waals surface area contributed by atoms with Crippen molar-refractivity contribution in [2.24, 2.45) is 0 Å². The molecule has 0 N–H and O–H groups in total. The summed E-state index contributed by atoms with van der Waals surface area (Å²) in [6.07, 6.45) is 0. The van der Waals surface area contributed by atoms with Crippen LogP contribution in [-0.2, 0) is 0 Å². The molecule has 0 unspecified atom stereocenters. The van der Waals surface area contributed by atoms with Crippen molar-refractivity contribution < 1.29 is 0 Å². The molecule has 2 rings (SSSR count). The van der Waals surface area contributed by atoms with Crippen molar-refractivity contribution >= 4 is 45.8 Å². The van der Waals surface area contributed by atoms with Crippen LogP contribution in [-0.4, -0.2) is 0 Å². The first-order valence-corrected chi connectivity index (χ1v) is 6.62. The first kappa shape index (κ1) is 12.2. The molecule has 2 aromatic rings. The lowest BCUT2D eigenvalue weighted by atomic mass is 10.0. The summed E-state index contributed by atoms with van der Waals surface area (Å²) in [5, 5.41) is 1.33. The monoisotopic (exact) mass is 362 g/mol. The maximum absolute atomic E-state index is 6.01. The molecule has 0 aromatic heterocycles. The normalized spacial score (nSPS) is 10.5. The molecule has 0 fully saturated rings. The smallest absolute Gasteiger partial charge is 0.0426 e. The maximum Gasteiger partial charge on any atom is 0.0426 e. The van der Waals surface area contributed by atoms with Gasteiger partial charge in [-0.25, -0.2) is 0 Å². The van der Waals surface area contributed by atoms with Gasteiger partial charge in [0.25, 0.3) is 0 Å². The van der Waals surface area contributed by atoms with Crippen LogP contribution in [0.15, 0.2) is 36.4 Å². The fraction of sp³-hybridized carbons (Fsp3) is 0.0769. The first-order chi connectivity index (χ1) is 7.56. The highest BCUT2D eigenvalue weighted by Crippen LogP contribution is 2.30. The van der Waals surface area contributed by atoms with Gasteiger partial charge >= 0.3 is 0 Å². The Kier molecular flexibility index (Phi) is 3.77. The summed E-state index contributed by atoms with van der Waals surface area (Å²) in [6, 6.07) is 11.9. The highest BCUT2D eigenvalue weighted by Gasteiger charge is 2.05. The quantitative estimate of drug-likeness (QED) is 0.581. The van der Waals surface area contributed by atoms with Gasteiger partial charge in [0.1, 0.15) is 0 Å². The van der Waals surface area contributed by atoms with E-state index in [9.17, 15) is 0 Å². The van der Waals surface area contributed by atoms with Crippen LogP contribution >= 0.6 is 45.8 Å². The zero-order chi connectivity index (χ0) is 11.7. The fourth-order valence-electron chi connectivity index (χ4n) is 1.61. The van der Waals surface area contributed by atoms with E-state index in [2.05, 4.69) is 47.7 Å². The van der Waals surface area contributed by atoms with Crippen molar-refractivity contribution in [2.75, 3.05) is 0 Å². The topological polar surface area (TPSA) is 0 Å². The van der Waals surface area contributed by atoms with E-state index in [-0.39, 0.29) is 0 Å². The second-order valence-electron chi connectivity index (χ2n) is 3.62. The Balaban J connectivity index is 2.62. The minimum absolute atomic E-state index is 0.667. The summed E-state index contributed by atoms with van der Waals surface area (Å²) >= 11 is 14.3. The SMILES string of the molecule is Cc1ccc(I)cc1-c1cc(Cl)cc(Cl)c1. The van der Waals surface area contributed by atoms with Crippen molar-refractivity contribution in [2.45, 2.75) is 6.92 Å². The summed E-state index contributed by atoms with van der Waals surface area (Å²) in [7, 11) is 0. The molecule has 0 saturated heterocycles. The van der Waals surface area contributed by atoms with Crippen LogP contribution in [0.4, 0.5) is 0 Å². The van der Waals surface area contributed by atoms with E-state index in [0.717, 1.165) is 5.56 Å². The largest absolute Gasteiger partial charge is 0.0843 e. The van der Waals surface area contributed by atoms with Gasteiger partial charge < -0.3 is 0 Å². The van der Waals surface area contributed by atoms with Crippen LogP contribution in [0.5, 0.6) is 0 Å². The molecule has 82 valence electrons. The molecule has 0 radical (unpaired) electrons. The highest BCUT2D eigenvalue weighted by atomic mass is 127. The Morgan fingerprint density at radius 1 is 0.938 bits per heavy atom. The van der Waals surface area contributed by atoms with Gasteiger partial charge in [-0.05, 0) is 76.5 Å². The standard InChI is InChI=1S/C13H9Cl2I/c1-8-2-3-12(16)7-13(8)9-4-10(14)6-11(15)5-9/h2-7H,1H3. The molecule has 2 aromatic carbocycles. The molecule has 0 spiro atoms. The van der Waals surface area contributed by atoms with Crippen molar-refractivity contribution in [3.63, 3.8) is 0 Å². The highest BCUT2D eigenvalue weighted by molar-refractivity contribution is 14.1. The van der Waals surface area contributed by atoms with Gasteiger partial charge in [0, 0.05) is 13.6 Å². The van der Waals surface area contributed by atoms with Crippen LogP contribution < -0.4 is 0 Å². The summed E-state index contributed by atoms with van der Waals surface area (Å²) < 4.78 is 1.20. The summed E-state index contributed by atoms with van der Waals surface area (Å²) in [5.41, 5.74) is 3.46. The fourth-order valence-corrected chi connectivity index (χ4v) is 2.63. The third-order valence-corrected chi connectivity index (χ3v) is 3.48. The Bertz CT molecular complexity index is 515. The lowest BCUT2D eigenvalue weighted by molar-refractivity contribution is 1.44. The molecule has 3 heteroatoms. The zero-order valence-corrected chi connectivity index (χ0v) is 12.3. The first-order valence-electron chi connectivity index (χ1n) is 4.79. The van der Waals surface area contributed by atoms with Crippen molar-refractivity contribution in [1.29, 1.82) is 0 Å². The van der Waals surface area contributed by atoms with Crippen molar-refractivity contribution in [3.05, 3.63) is 55.6 Å². The molecule has 0 aliphatic rings. The Hall–Kier alpha value is -0.250. The number of rotatable bonds is 1. The minimum atomic E-state index is 0.667. The predicted molar refractivity (Wildman–Crippen MR) is 79.4 cm³/mol. The van der Waals surface area contributed by atoms with Gasteiger partial charge in [-0.15, -0.1) is 0 Å². The van der Waals surface area contributed by atoms with E-state index in [1.54, 1.807) is 6.07 Å². The molecule has 0 aliphatic carbocycles. The van der Waals surface area contributed by atoms with Gasteiger partial charge in [-0.2, -0.15) is 0 Å². The van der Waals surface area contributed by atoms with E-state index in [0.29, 0.717) is 10.0 Å². The number of halogens is 3. The van der Waals surface area contributed by atoms with Gasteiger partial charge in [-0.1, -0.05) is 29.3 Å². The third-order valence-electron chi connectivity index (χ3n) is 2.37. The molecule has 0 atom stereocenters. The van der Waals surface area contributed by atoms with E-state index in [1.807, 2.05) is 12.1 Å². The van der Waals surface area contributed by atoms with Crippen LogP contribution in [0.2, 0.25) is 10.0 Å². The zero-order valence-electron chi connectivity index (χ0n) is 8.60. The van der Waals surface area contributed by atoms with Gasteiger partial charge in [0.05, 0.1) is 0 Å². The number of hydrogen-bond acceptors (Lipinski definition) is 0. The van der Waals surface area contributed by atoms with Crippen LogP contribution in [0.3, 0.4) is 0 Å². The third kappa shape index (κ3) is 2.70. The van der Waals surface area contributed by atoms with Crippen LogP contribution in [0.25, 0.3) is 11.1 Å². The second kappa shape index (κ2) is 4.94. The summed E-state index contributed by atoms with van der Waals surface area (Å²) in [4.78, 5) is 0. The minimum Gasteiger partial charge on any atom is -0.0843 e. The molecular formula is C13H9Cl2I. The summed E-state index contributed by atoms with van der Waals surface area (Å²) in [6.45, 7) is 2.08. The van der Waals surface area contributed by atoms with Gasteiger partial charge in [0.15, 0.2) is 0 Å². The maximum atomic E-state index is 6.01. The molecule has 0 bridgehead atoms.